The fourth-order valence-electron chi connectivity index (χ4n) is 2.14. The van der Waals surface area contributed by atoms with Crippen LogP contribution in [0.4, 0.5) is 10.1 Å². The van der Waals surface area contributed by atoms with Crippen LogP contribution in [0, 0.1) is 5.82 Å². The van der Waals surface area contributed by atoms with Crippen molar-refractivity contribution >= 4 is 17.3 Å². The predicted molar refractivity (Wildman–Crippen MR) is 82.6 cm³/mol. The van der Waals surface area contributed by atoms with Crippen molar-refractivity contribution in [3.05, 3.63) is 71.3 Å². The van der Waals surface area contributed by atoms with Crippen molar-refractivity contribution in [3.63, 3.8) is 0 Å². The molecule has 0 saturated heterocycles. The Morgan fingerprint density at radius 3 is 2.76 bits per heavy atom. The van der Waals surface area contributed by atoms with Gasteiger partial charge in [0.2, 0.25) is 0 Å². The lowest BCUT2D eigenvalue weighted by atomic mass is 10.1. The Morgan fingerprint density at radius 2 is 2.00 bits per heavy atom. The molecule has 106 valence electrons. The molecule has 0 bridgehead atoms. The van der Waals surface area contributed by atoms with Gasteiger partial charge in [0, 0.05) is 22.5 Å². The summed E-state index contributed by atoms with van der Waals surface area (Å²) < 4.78 is 14.8. The Bertz CT molecular complexity index is 783. The maximum atomic E-state index is 13.0. The molecular weight excluding hydrogens is 289 g/mol. The van der Waals surface area contributed by atoms with E-state index >= 15 is 0 Å². The van der Waals surface area contributed by atoms with Crippen LogP contribution in [0.5, 0.6) is 0 Å². The molecule has 0 saturated carbocycles. The quantitative estimate of drug-likeness (QED) is 0.744. The molecule has 1 aromatic heterocycles. The smallest absolute Gasteiger partial charge is 0.124 e. The Hall–Kier alpha value is -2.33. The van der Waals surface area contributed by atoms with Gasteiger partial charge < -0.3 is 5.73 Å². The molecule has 0 amide bonds. The second kappa shape index (κ2) is 5.58. The summed E-state index contributed by atoms with van der Waals surface area (Å²) in [6.45, 7) is 0.488. The second-order valence-corrected chi connectivity index (χ2v) is 5.19. The highest BCUT2D eigenvalue weighted by Crippen LogP contribution is 2.22. The minimum Gasteiger partial charge on any atom is -0.399 e. The van der Waals surface area contributed by atoms with Gasteiger partial charge in [-0.2, -0.15) is 5.10 Å². The first-order valence-corrected chi connectivity index (χ1v) is 6.82. The minimum absolute atomic E-state index is 0.343. The van der Waals surface area contributed by atoms with Gasteiger partial charge in [0.25, 0.3) is 0 Å². The lowest BCUT2D eigenvalue weighted by Gasteiger charge is -2.04. The third-order valence-electron chi connectivity index (χ3n) is 3.20. The van der Waals surface area contributed by atoms with Crippen LogP contribution in [-0.2, 0) is 6.54 Å². The molecule has 0 aliphatic heterocycles. The third-order valence-corrected chi connectivity index (χ3v) is 3.55. The Labute approximate surface area is 126 Å². The van der Waals surface area contributed by atoms with Gasteiger partial charge >= 0.3 is 0 Å². The molecular formula is C16H13ClFN3. The molecule has 0 spiro atoms. The fraction of sp³-hybridized carbons (Fsp3) is 0.0625. The molecule has 21 heavy (non-hydrogen) atoms. The zero-order chi connectivity index (χ0) is 14.8. The molecule has 5 heteroatoms. The molecule has 0 fully saturated rings. The summed E-state index contributed by atoms with van der Waals surface area (Å²) in [6.07, 6.45) is 3.68. The first-order valence-electron chi connectivity index (χ1n) is 6.44. The first-order chi connectivity index (χ1) is 10.1. The van der Waals surface area contributed by atoms with Crippen LogP contribution in [0.25, 0.3) is 11.1 Å². The monoisotopic (exact) mass is 301 g/mol. The first kappa shape index (κ1) is 13.6. The van der Waals surface area contributed by atoms with Gasteiger partial charge in [0.15, 0.2) is 0 Å². The largest absolute Gasteiger partial charge is 0.399 e. The van der Waals surface area contributed by atoms with Crippen molar-refractivity contribution in [2.45, 2.75) is 6.54 Å². The molecule has 3 aromatic rings. The molecule has 0 aliphatic carbocycles. The number of halogens is 2. The summed E-state index contributed by atoms with van der Waals surface area (Å²) in [4.78, 5) is 0. The molecule has 3 nitrogen and oxygen atoms in total. The number of hydrogen-bond donors (Lipinski definition) is 1. The van der Waals surface area contributed by atoms with E-state index in [-0.39, 0.29) is 5.82 Å². The molecule has 1 heterocycles. The molecule has 0 radical (unpaired) electrons. The highest BCUT2D eigenvalue weighted by molar-refractivity contribution is 6.31. The zero-order valence-electron chi connectivity index (χ0n) is 11.1. The van der Waals surface area contributed by atoms with E-state index in [9.17, 15) is 4.39 Å². The SMILES string of the molecule is Nc1cccc(-c2cnn(Cc3ccc(F)cc3Cl)c2)c1. The molecule has 2 aromatic carbocycles. The van der Waals surface area contributed by atoms with Crippen molar-refractivity contribution in [2.75, 3.05) is 5.73 Å². The number of rotatable bonds is 3. The Morgan fingerprint density at radius 1 is 1.14 bits per heavy atom. The van der Waals surface area contributed by atoms with Crippen molar-refractivity contribution in [3.8, 4) is 11.1 Å². The van der Waals surface area contributed by atoms with E-state index in [4.69, 9.17) is 17.3 Å². The molecule has 0 aliphatic rings. The number of anilines is 1. The maximum Gasteiger partial charge on any atom is 0.124 e. The van der Waals surface area contributed by atoms with Crippen LogP contribution < -0.4 is 5.73 Å². The van der Waals surface area contributed by atoms with Crippen LogP contribution in [-0.4, -0.2) is 9.78 Å². The average molecular weight is 302 g/mol. The molecule has 0 unspecified atom stereocenters. The number of nitrogens with two attached hydrogens (primary N) is 1. The number of hydrogen-bond acceptors (Lipinski definition) is 2. The number of nitrogens with zero attached hydrogens (tertiary/aromatic N) is 2. The molecule has 0 atom stereocenters. The third kappa shape index (κ3) is 3.06. The highest BCUT2D eigenvalue weighted by atomic mass is 35.5. The number of benzene rings is 2. The summed E-state index contributed by atoms with van der Waals surface area (Å²) in [5.41, 5.74) is 9.29. The lowest BCUT2D eigenvalue weighted by Crippen LogP contribution is -2.00. The van der Waals surface area contributed by atoms with E-state index in [1.165, 1.54) is 12.1 Å². The lowest BCUT2D eigenvalue weighted by molar-refractivity contribution is 0.624. The summed E-state index contributed by atoms with van der Waals surface area (Å²) in [6, 6.07) is 12.0. The van der Waals surface area contributed by atoms with Crippen LogP contribution in [0.15, 0.2) is 54.9 Å². The number of nitrogen functional groups attached to an aromatic ring is 1. The standard InChI is InChI=1S/C16H13ClFN3/c17-16-7-14(18)5-4-12(16)9-21-10-13(8-20-21)11-2-1-3-15(19)6-11/h1-8,10H,9,19H2. The van der Waals surface area contributed by atoms with Crippen molar-refractivity contribution in [1.29, 1.82) is 0 Å². The van der Waals surface area contributed by atoms with Gasteiger partial charge in [0.1, 0.15) is 5.82 Å². The summed E-state index contributed by atoms with van der Waals surface area (Å²) in [7, 11) is 0. The van der Waals surface area contributed by atoms with Crippen LogP contribution >= 0.6 is 11.6 Å². The van der Waals surface area contributed by atoms with Crippen molar-refractivity contribution in [2.24, 2.45) is 0 Å². The van der Waals surface area contributed by atoms with Crippen molar-refractivity contribution < 1.29 is 4.39 Å². The summed E-state index contributed by atoms with van der Waals surface area (Å²) >= 11 is 6.03. The van der Waals surface area contributed by atoms with Gasteiger partial charge in [-0.15, -0.1) is 0 Å². The second-order valence-electron chi connectivity index (χ2n) is 4.79. The van der Waals surface area contributed by atoms with E-state index in [1.54, 1.807) is 16.9 Å². The summed E-state index contributed by atoms with van der Waals surface area (Å²) in [5, 5.41) is 4.70. The van der Waals surface area contributed by atoms with Gasteiger partial charge in [0.05, 0.1) is 12.7 Å². The maximum absolute atomic E-state index is 13.0. The minimum atomic E-state index is -0.343. The van der Waals surface area contributed by atoms with Gasteiger partial charge in [-0.05, 0) is 35.4 Å². The Kier molecular flexibility index (Phi) is 3.62. The van der Waals surface area contributed by atoms with Gasteiger partial charge in [-0.3, -0.25) is 4.68 Å². The van der Waals surface area contributed by atoms with Crippen LogP contribution in [0.1, 0.15) is 5.56 Å². The summed E-state index contributed by atoms with van der Waals surface area (Å²) in [5.74, 6) is -0.343. The molecule has 2 N–H and O–H groups in total. The molecule has 3 rings (SSSR count). The van der Waals surface area contributed by atoms with E-state index in [0.29, 0.717) is 17.3 Å². The van der Waals surface area contributed by atoms with Crippen LogP contribution in [0.2, 0.25) is 5.02 Å². The van der Waals surface area contributed by atoms with Crippen molar-refractivity contribution in [1.82, 2.24) is 9.78 Å². The predicted octanol–water partition coefficient (Wildman–Crippen LogP) is 3.97. The fourth-order valence-corrected chi connectivity index (χ4v) is 2.37. The van der Waals surface area contributed by atoms with Gasteiger partial charge in [-0.25, -0.2) is 4.39 Å². The van der Waals surface area contributed by atoms with E-state index in [0.717, 1.165) is 16.7 Å². The normalized spacial score (nSPS) is 10.8. The van der Waals surface area contributed by atoms with E-state index < -0.39 is 0 Å². The average Bonchev–Trinajstić information content (AvgIpc) is 2.91. The van der Waals surface area contributed by atoms with Gasteiger partial charge in [-0.1, -0.05) is 29.8 Å². The topological polar surface area (TPSA) is 43.8 Å². The Balaban J connectivity index is 1.85. The number of aromatic nitrogens is 2. The van der Waals surface area contributed by atoms with E-state index in [1.807, 2.05) is 30.5 Å². The van der Waals surface area contributed by atoms with E-state index in [2.05, 4.69) is 5.10 Å². The van der Waals surface area contributed by atoms with Crippen LogP contribution in [0.3, 0.4) is 0 Å². The zero-order valence-corrected chi connectivity index (χ0v) is 11.9. The highest BCUT2D eigenvalue weighted by Gasteiger charge is 2.06.